The van der Waals surface area contributed by atoms with E-state index in [1.54, 1.807) is 12.5 Å². The second kappa shape index (κ2) is 6.19. The van der Waals surface area contributed by atoms with Crippen molar-refractivity contribution in [3.8, 4) is 0 Å². The molecular formula is C14H17N3O2S. The molecule has 1 aliphatic heterocycles. The summed E-state index contributed by atoms with van der Waals surface area (Å²) < 4.78 is 5.49. The molecule has 5 nitrogen and oxygen atoms in total. The minimum Gasteiger partial charge on any atom is -0.468 e. The Morgan fingerprint density at radius 2 is 2.55 bits per heavy atom. The molecule has 0 aromatic carbocycles. The third kappa shape index (κ3) is 3.08. The van der Waals surface area contributed by atoms with Crippen molar-refractivity contribution in [2.75, 3.05) is 18.4 Å². The normalized spacial score (nSPS) is 19.3. The molecule has 0 radical (unpaired) electrons. The summed E-state index contributed by atoms with van der Waals surface area (Å²) in [4.78, 5) is 18.2. The number of furan rings is 1. The number of hydrogen-bond donors (Lipinski definition) is 1. The van der Waals surface area contributed by atoms with Gasteiger partial charge in [0, 0.05) is 24.5 Å². The molecule has 1 fully saturated rings. The van der Waals surface area contributed by atoms with Crippen LogP contribution in [0.4, 0.5) is 5.13 Å². The van der Waals surface area contributed by atoms with E-state index in [-0.39, 0.29) is 5.91 Å². The maximum absolute atomic E-state index is 11.9. The van der Waals surface area contributed by atoms with Gasteiger partial charge in [-0.1, -0.05) is 0 Å². The lowest BCUT2D eigenvalue weighted by Gasteiger charge is -2.22. The highest BCUT2D eigenvalue weighted by Crippen LogP contribution is 2.31. The number of nitrogens with one attached hydrogen (secondary N) is 1. The van der Waals surface area contributed by atoms with Gasteiger partial charge in [0.2, 0.25) is 5.91 Å². The van der Waals surface area contributed by atoms with Gasteiger partial charge in [0.05, 0.1) is 12.3 Å². The molecule has 2 aromatic rings. The van der Waals surface area contributed by atoms with E-state index in [2.05, 4.69) is 15.2 Å². The first kappa shape index (κ1) is 13.3. The van der Waals surface area contributed by atoms with Gasteiger partial charge in [0.1, 0.15) is 5.76 Å². The van der Waals surface area contributed by atoms with Crippen molar-refractivity contribution >= 4 is 22.4 Å². The molecule has 106 valence electrons. The van der Waals surface area contributed by atoms with Crippen molar-refractivity contribution in [2.45, 2.75) is 25.3 Å². The minimum absolute atomic E-state index is 0.0186. The average Bonchev–Trinajstić information content (AvgIpc) is 3.18. The molecule has 6 heteroatoms. The number of nitrogens with zero attached hydrogens (tertiary/aromatic N) is 2. The molecule has 1 unspecified atom stereocenters. The summed E-state index contributed by atoms with van der Waals surface area (Å²) >= 11 is 1.44. The molecule has 0 bridgehead atoms. The highest BCUT2D eigenvalue weighted by molar-refractivity contribution is 7.13. The van der Waals surface area contributed by atoms with Crippen molar-refractivity contribution in [3.63, 3.8) is 0 Å². The van der Waals surface area contributed by atoms with Crippen molar-refractivity contribution in [3.05, 3.63) is 35.7 Å². The molecule has 3 rings (SSSR count). The van der Waals surface area contributed by atoms with E-state index in [1.807, 2.05) is 17.5 Å². The maximum atomic E-state index is 11.9. The van der Waals surface area contributed by atoms with Crippen LogP contribution in [0.3, 0.4) is 0 Å². The largest absolute Gasteiger partial charge is 0.468 e. The van der Waals surface area contributed by atoms with Gasteiger partial charge < -0.3 is 9.73 Å². The average molecular weight is 291 g/mol. The summed E-state index contributed by atoms with van der Waals surface area (Å²) in [5.74, 6) is 1.02. The zero-order valence-electron chi connectivity index (χ0n) is 11.1. The summed E-state index contributed by atoms with van der Waals surface area (Å²) in [5, 5.41) is 5.33. The number of carbonyl (C=O) groups is 1. The minimum atomic E-state index is 0.0186. The van der Waals surface area contributed by atoms with Crippen molar-refractivity contribution < 1.29 is 9.21 Å². The molecule has 0 saturated carbocycles. The van der Waals surface area contributed by atoms with E-state index in [9.17, 15) is 4.79 Å². The van der Waals surface area contributed by atoms with Gasteiger partial charge in [0.15, 0.2) is 5.13 Å². The number of thiazole rings is 1. The van der Waals surface area contributed by atoms with E-state index >= 15 is 0 Å². The van der Waals surface area contributed by atoms with Crippen LogP contribution >= 0.6 is 11.3 Å². The van der Waals surface area contributed by atoms with E-state index in [1.165, 1.54) is 11.3 Å². The van der Waals surface area contributed by atoms with Crippen molar-refractivity contribution in [2.24, 2.45) is 0 Å². The van der Waals surface area contributed by atoms with Gasteiger partial charge in [-0.15, -0.1) is 11.3 Å². The third-order valence-electron chi connectivity index (χ3n) is 3.54. The summed E-state index contributed by atoms with van der Waals surface area (Å²) in [6.45, 7) is 1.78. The van der Waals surface area contributed by atoms with E-state index in [4.69, 9.17) is 4.42 Å². The fraction of sp³-hybridized carbons (Fsp3) is 0.429. The number of aromatic nitrogens is 1. The Kier molecular flexibility index (Phi) is 4.13. The lowest BCUT2D eigenvalue weighted by molar-refractivity contribution is -0.116. The molecule has 3 heterocycles. The first-order valence-corrected chi connectivity index (χ1v) is 7.68. The smallest absolute Gasteiger partial charge is 0.227 e. The van der Waals surface area contributed by atoms with Gasteiger partial charge in [0.25, 0.3) is 0 Å². The zero-order valence-corrected chi connectivity index (χ0v) is 11.9. The Morgan fingerprint density at radius 3 is 3.30 bits per heavy atom. The van der Waals surface area contributed by atoms with Gasteiger partial charge in [-0.2, -0.15) is 0 Å². The fourth-order valence-electron chi connectivity index (χ4n) is 2.61. The highest BCUT2D eigenvalue weighted by atomic mass is 32.1. The number of amides is 1. The first-order valence-electron chi connectivity index (χ1n) is 6.80. The SMILES string of the molecule is O=C(CCN1CCCC1c1ccco1)Nc1nccs1. The van der Waals surface area contributed by atoms with Gasteiger partial charge in [-0.05, 0) is 31.5 Å². The topological polar surface area (TPSA) is 58.4 Å². The molecule has 1 saturated heterocycles. The van der Waals surface area contributed by atoms with Gasteiger partial charge in [-0.25, -0.2) is 4.98 Å². The molecule has 1 N–H and O–H groups in total. The molecule has 1 aliphatic rings. The van der Waals surface area contributed by atoms with E-state index < -0.39 is 0 Å². The number of hydrogen-bond acceptors (Lipinski definition) is 5. The third-order valence-corrected chi connectivity index (χ3v) is 4.23. The predicted molar refractivity (Wildman–Crippen MR) is 77.6 cm³/mol. The number of likely N-dealkylation sites (tertiary alicyclic amines) is 1. The van der Waals surface area contributed by atoms with Crippen LogP contribution in [-0.2, 0) is 4.79 Å². The summed E-state index contributed by atoms with van der Waals surface area (Å²) in [5.41, 5.74) is 0. The molecule has 0 spiro atoms. The molecule has 0 aliphatic carbocycles. The number of anilines is 1. The fourth-order valence-corrected chi connectivity index (χ4v) is 3.15. The highest BCUT2D eigenvalue weighted by Gasteiger charge is 2.27. The second-order valence-electron chi connectivity index (χ2n) is 4.84. The Balaban J connectivity index is 1.51. The Morgan fingerprint density at radius 1 is 1.60 bits per heavy atom. The molecular weight excluding hydrogens is 274 g/mol. The number of carbonyl (C=O) groups excluding carboxylic acids is 1. The van der Waals surface area contributed by atoms with Crippen molar-refractivity contribution in [1.29, 1.82) is 0 Å². The van der Waals surface area contributed by atoms with Gasteiger partial charge in [-0.3, -0.25) is 9.69 Å². The summed E-state index contributed by atoms with van der Waals surface area (Å²) in [6, 6.07) is 4.25. The predicted octanol–water partition coefficient (Wildman–Crippen LogP) is 2.90. The zero-order chi connectivity index (χ0) is 13.8. The lowest BCUT2D eigenvalue weighted by Crippen LogP contribution is -2.27. The Hall–Kier alpha value is -1.66. The van der Waals surface area contributed by atoms with Crippen LogP contribution in [0.25, 0.3) is 0 Å². The van der Waals surface area contributed by atoms with Crippen molar-refractivity contribution in [1.82, 2.24) is 9.88 Å². The van der Waals surface area contributed by atoms with Crippen LogP contribution in [0.2, 0.25) is 0 Å². The molecule has 20 heavy (non-hydrogen) atoms. The van der Waals surface area contributed by atoms with Crippen LogP contribution in [0, 0.1) is 0 Å². The van der Waals surface area contributed by atoms with Crippen LogP contribution in [0.15, 0.2) is 34.4 Å². The molecule has 1 amide bonds. The lowest BCUT2D eigenvalue weighted by atomic mass is 10.1. The van der Waals surface area contributed by atoms with E-state index in [0.717, 1.165) is 31.7 Å². The van der Waals surface area contributed by atoms with Crippen LogP contribution in [0.5, 0.6) is 0 Å². The quantitative estimate of drug-likeness (QED) is 0.920. The molecule has 1 atom stereocenters. The number of rotatable bonds is 5. The molecule has 2 aromatic heterocycles. The van der Waals surface area contributed by atoms with Crippen LogP contribution < -0.4 is 5.32 Å². The van der Waals surface area contributed by atoms with E-state index in [0.29, 0.717) is 17.6 Å². The standard InChI is InChI=1S/C14H17N3O2S/c18-13(16-14-15-6-10-20-14)5-8-17-7-1-3-11(17)12-4-2-9-19-12/h2,4,6,9-11H,1,3,5,7-8H2,(H,15,16,18). The monoisotopic (exact) mass is 291 g/mol. The Labute approximate surface area is 121 Å². The second-order valence-corrected chi connectivity index (χ2v) is 5.74. The summed E-state index contributed by atoms with van der Waals surface area (Å²) in [7, 11) is 0. The summed E-state index contributed by atoms with van der Waals surface area (Å²) in [6.07, 6.45) is 6.13. The first-order chi connectivity index (χ1) is 9.83. The maximum Gasteiger partial charge on any atom is 0.227 e. The Bertz CT molecular complexity index is 539. The van der Waals surface area contributed by atoms with Crippen LogP contribution in [0.1, 0.15) is 31.1 Å². The van der Waals surface area contributed by atoms with Gasteiger partial charge >= 0.3 is 0 Å². The van der Waals surface area contributed by atoms with Crippen LogP contribution in [-0.4, -0.2) is 28.9 Å².